The van der Waals surface area contributed by atoms with Crippen LogP contribution in [-0.4, -0.2) is 34.4 Å². The highest BCUT2D eigenvalue weighted by Crippen LogP contribution is 2.38. The molecule has 3 aromatic rings. The molecule has 0 amide bonds. The van der Waals surface area contributed by atoms with E-state index >= 15 is 0 Å². The topological polar surface area (TPSA) is 103 Å². The number of ether oxygens (including phenoxy) is 1. The Morgan fingerprint density at radius 1 is 1.14 bits per heavy atom. The first-order valence-electron chi connectivity index (χ1n) is 10.9. The molecule has 36 heavy (non-hydrogen) atoms. The van der Waals surface area contributed by atoms with Crippen molar-refractivity contribution < 1.29 is 9.84 Å². The van der Waals surface area contributed by atoms with E-state index in [1.807, 2.05) is 54.8 Å². The Balaban J connectivity index is 1.62. The summed E-state index contributed by atoms with van der Waals surface area (Å²) in [7, 11) is 0. The summed E-state index contributed by atoms with van der Waals surface area (Å²) in [5.74, 6) is 0.453. The van der Waals surface area contributed by atoms with E-state index in [0.29, 0.717) is 32.5 Å². The second-order valence-electron chi connectivity index (χ2n) is 7.90. The van der Waals surface area contributed by atoms with Gasteiger partial charge in [0.25, 0.3) is 0 Å². The number of allylic oxidation sites excluding steroid dienone is 2. The van der Waals surface area contributed by atoms with Crippen LogP contribution in [0.5, 0.6) is 0 Å². The average molecular weight is 556 g/mol. The van der Waals surface area contributed by atoms with E-state index in [9.17, 15) is 10.5 Å². The smallest absolute Gasteiger partial charge is 0.148 e. The number of thioether (sulfide) groups is 1. The first kappa shape index (κ1) is 26.4. The lowest BCUT2D eigenvalue weighted by Gasteiger charge is -2.24. The Hall–Kier alpha value is -2.69. The molecule has 0 aliphatic heterocycles. The van der Waals surface area contributed by atoms with Gasteiger partial charge in [-0.05, 0) is 17.7 Å². The molecular formula is C26H20Cl2N4O2S2. The number of aromatic nitrogens is 2. The van der Waals surface area contributed by atoms with Crippen LogP contribution < -0.4 is 0 Å². The van der Waals surface area contributed by atoms with E-state index in [1.54, 1.807) is 0 Å². The third-order valence-electron chi connectivity index (χ3n) is 5.46. The highest BCUT2D eigenvalue weighted by Gasteiger charge is 2.25. The molecule has 2 atom stereocenters. The zero-order valence-corrected chi connectivity index (χ0v) is 22.3. The number of nitriles is 2. The molecule has 0 fully saturated rings. The summed E-state index contributed by atoms with van der Waals surface area (Å²) in [5.41, 5.74) is 3.46. The van der Waals surface area contributed by atoms with E-state index < -0.39 is 0 Å². The number of aliphatic hydroxyl groups excluding tert-OH is 1. The van der Waals surface area contributed by atoms with E-state index in [-0.39, 0.29) is 36.0 Å². The number of benzene rings is 1. The van der Waals surface area contributed by atoms with Crippen molar-refractivity contribution in [3.05, 3.63) is 80.4 Å². The van der Waals surface area contributed by atoms with Gasteiger partial charge in [-0.2, -0.15) is 10.5 Å². The molecule has 2 unspecified atom stereocenters. The SMILES string of the molecule is CC1C=C(c2c(C#N)c(Cl)nc(SCc3csc(-c4ccc(Cl)cc4)n3)c2C#N)C=CC1OCCO. The van der Waals surface area contributed by atoms with Crippen molar-refractivity contribution in [2.45, 2.75) is 23.8 Å². The van der Waals surface area contributed by atoms with Crippen molar-refractivity contribution in [1.82, 2.24) is 9.97 Å². The van der Waals surface area contributed by atoms with E-state index in [2.05, 4.69) is 17.1 Å². The molecule has 1 aliphatic rings. The van der Waals surface area contributed by atoms with E-state index in [0.717, 1.165) is 16.3 Å². The van der Waals surface area contributed by atoms with Crippen LogP contribution in [0.25, 0.3) is 16.1 Å². The highest BCUT2D eigenvalue weighted by atomic mass is 35.5. The fraction of sp³-hybridized carbons (Fsp3) is 0.231. The molecule has 1 aromatic carbocycles. The van der Waals surface area contributed by atoms with Gasteiger partial charge in [0.1, 0.15) is 27.3 Å². The van der Waals surface area contributed by atoms with Gasteiger partial charge in [-0.25, -0.2) is 9.97 Å². The van der Waals surface area contributed by atoms with Gasteiger partial charge < -0.3 is 9.84 Å². The number of aliphatic hydroxyl groups is 1. The molecule has 2 aromatic heterocycles. The van der Waals surface area contributed by atoms with Gasteiger partial charge in [-0.1, -0.05) is 72.2 Å². The molecule has 0 saturated heterocycles. The molecule has 0 spiro atoms. The number of hydrogen-bond acceptors (Lipinski definition) is 8. The van der Waals surface area contributed by atoms with Crippen molar-refractivity contribution in [3.63, 3.8) is 0 Å². The van der Waals surface area contributed by atoms with Crippen LogP contribution in [-0.2, 0) is 10.5 Å². The first-order valence-corrected chi connectivity index (χ1v) is 13.6. The summed E-state index contributed by atoms with van der Waals surface area (Å²) in [4.78, 5) is 9.07. The highest BCUT2D eigenvalue weighted by molar-refractivity contribution is 7.98. The lowest BCUT2D eigenvalue weighted by Crippen LogP contribution is -2.22. The van der Waals surface area contributed by atoms with Gasteiger partial charge in [-0.3, -0.25) is 0 Å². The standard InChI is InChI=1S/C26H20Cl2N4O2S2/c1-15-10-17(4-7-22(15)34-9-8-33)23-20(11-29)24(28)32-26(21(23)12-30)36-14-19-13-35-25(31-19)16-2-5-18(27)6-3-16/h2-7,10,13,15,22,33H,8-9,14H2,1H3. The van der Waals surface area contributed by atoms with Crippen LogP contribution in [0, 0.1) is 28.6 Å². The van der Waals surface area contributed by atoms with Crippen molar-refractivity contribution in [1.29, 1.82) is 10.5 Å². The fourth-order valence-electron chi connectivity index (χ4n) is 3.75. The molecule has 0 radical (unpaired) electrons. The minimum Gasteiger partial charge on any atom is -0.394 e. The van der Waals surface area contributed by atoms with Gasteiger partial charge in [-0.15, -0.1) is 11.3 Å². The van der Waals surface area contributed by atoms with Crippen molar-refractivity contribution >= 4 is 51.9 Å². The van der Waals surface area contributed by atoms with Crippen LogP contribution >= 0.6 is 46.3 Å². The second kappa shape index (κ2) is 12.0. The summed E-state index contributed by atoms with van der Waals surface area (Å²) in [5, 5.41) is 32.9. The Bertz CT molecular complexity index is 1410. The van der Waals surface area contributed by atoms with Crippen LogP contribution in [0.1, 0.15) is 29.3 Å². The third-order valence-corrected chi connectivity index (χ3v) is 7.93. The maximum Gasteiger partial charge on any atom is 0.148 e. The van der Waals surface area contributed by atoms with Crippen LogP contribution in [0.3, 0.4) is 0 Å². The number of thiazole rings is 1. The molecule has 10 heteroatoms. The van der Waals surface area contributed by atoms with Crippen LogP contribution in [0.15, 0.2) is 52.9 Å². The minimum absolute atomic E-state index is 0.0287. The number of nitrogens with zero attached hydrogens (tertiary/aromatic N) is 4. The van der Waals surface area contributed by atoms with E-state index in [4.69, 9.17) is 38.0 Å². The van der Waals surface area contributed by atoms with Gasteiger partial charge >= 0.3 is 0 Å². The maximum atomic E-state index is 10.1. The summed E-state index contributed by atoms with van der Waals surface area (Å²) in [6.07, 6.45) is 5.43. The van der Waals surface area contributed by atoms with Crippen molar-refractivity contribution in [2.75, 3.05) is 13.2 Å². The fourth-order valence-corrected chi connectivity index (χ4v) is 5.95. The second-order valence-corrected chi connectivity index (χ2v) is 10.5. The number of halogens is 2. The normalized spacial score (nSPS) is 16.9. The maximum absolute atomic E-state index is 10.1. The van der Waals surface area contributed by atoms with Gasteiger partial charge in [0.15, 0.2) is 0 Å². The Morgan fingerprint density at radius 3 is 2.56 bits per heavy atom. The van der Waals surface area contributed by atoms with Crippen LogP contribution in [0.2, 0.25) is 10.2 Å². The quantitative estimate of drug-likeness (QED) is 0.250. The van der Waals surface area contributed by atoms with E-state index in [1.165, 1.54) is 23.1 Å². The lowest BCUT2D eigenvalue weighted by atomic mass is 9.88. The Kier molecular flexibility index (Phi) is 8.81. The Labute approximate surface area is 227 Å². The monoisotopic (exact) mass is 554 g/mol. The molecule has 0 bridgehead atoms. The summed E-state index contributed by atoms with van der Waals surface area (Å²) < 4.78 is 5.65. The predicted molar refractivity (Wildman–Crippen MR) is 144 cm³/mol. The molecule has 4 rings (SSSR count). The van der Waals surface area contributed by atoms with Crippen LogP contribution in [0.4, 0.5) is 0 Å². The number of rotatable bonds is 8. The first-order chi connectivity index (χ1) is 17.4. The molecule has 0 saturated carbocycles. The van der Waals surface area contributed by atoms with Gasteiger partial charge in [0.05, 0.1) is 36.1 Å². The molecule has 6 nitrogen and oxygen atoms in total. The Morgan fingerprint density at radius 2 is 1.89 bits per heavy atom. The van der Waals surface area contributed by atoms with Crippen molar-refractivity contribution in [2.24, 2.45) is 5.92 Å². The predicted octanol–water partition coefficient (Wildman–Crippen LogP) is 6.51. The number of hydrogen-bond donors (Lipinski definition) is 1. The summed E-state index contributed by atoms with van der Waals surface area (Å²) in [6.45, 7) is 2.14. The minimum atomic E-state index is -0.206. The third kappa shape index (κ3) is 5.82. The summed E-state index contributed by atoms with van der Waals surface area (Å²) >= 11 is 15.3. The van der Waals surface area contributed by atoms with Gasteiger partial charge in [0, 0.05) is 33.2 Å². The molecule has 182 valence electrons. The molecule has 1 N–H and O–H groups in total. The zero-order chi connectivity index (χ0) is 25.7. The van der Waals surface area contributed by atoms with Gasteiger partial charge in [0.2, 0.25) is 0 Å². The molecule has 1 aliphatic carbocycles. The lowest BCUT2D eigenvalue weighted by molar-refractivity contribution is 0.0365. The molecule has 2 heterocycles. The average Bonchev–Trinajstić information content (AvgIpc) is 3.35. The largest absolute Gasteiger partial charge is 0.394 e. The zero-order valence-electron chi connectivity index (χ0n) is 19.1. The number of pyridine rings is 1. The van der Waals surface area contributed by atoms with Crippen molar-refractivity contribution in [3.8, 4) is 22.7 Å². The summed E-state index contributed by atoms with van der Waals surface area (Å²) in [6, 6.07) is 11.8. The molecular weight excluding hydrogens is 535 g/mol.